The van der Waals surface area contributed by atoms with Crippen molar-refractivity contribution in [1.29, 1.82) is 0 Å². The third-order valence-electron chi connectivity index (χ3n) is 5.86. The van der Waals surface area contributed by atoms with Crippen LogP contribution in [0.25, 0.3) is 0 Å². The van der Waals surface area contributed by atoms with Crippen molar-refractivity contribution in [3.63, 3.8) is 0 Å². The van der Waals surface area contributed by atoms with E-state index in [-0.39, 0.29) is 18.3 Å². The quantitative estimate of drug-likeness (QED) is 0.186. The van der Waals surface area contributed by atoms with Crippen molar-refractivity contribution < 1.29 is 21.8 Å². The first-order valence-corrected chi connectivity index (χ1v) is 12.7. The molecule has 1 rings (SSSR count). The van der Waals surface area contributed by atoms with Crippen molar-refractivity contribution in [1.82, 2.24) is 5.43 Å². The third-order valence-corrected chi connectivity index (χ3v) is 5.86. The fourth-order valence-electron chi connectivity index (χ4n) is 4.13. The monoisotopic (exact) mass is 452 g/mol. The van der Waals surface area contributed by atoms with Crippen LogP contribution >= 0.6 is 0 Å². The molecular weight excluding hydrogens is 404 g/mol. The molecule has 0 fully saturated rings. The van der Waals surface area contributed by atoms with E-state index in [0.29, 0.717) is 11.0 Å². The van der Waals surface area contributed by atoms with E-state index < -0.39 is 0 Å². The number of carbonyl (C=O) groups excluding carboxylic acids is 1. The molecule has 0 spiro atoms. The fraction of sp³-hybridized carbons (Fsp3) is 0.741. The average molecular weight is 453 g/mol. The minimum Gasteiger partial charge on any atom is -1.00 e. The lowest BCUT2D eigenvalue weighted by Gasteiger charge is -2.29. The summed E-state index contributed by atoms with van der Waals surface area (Å²) in [5.74, 6) is 0.172. The Morgan fingerprint density at radius 1 is 0.710 bits per heavy atom. The SMILES string of the molecule is CCCCCCCCCCCCCCCCCC(=O)N[N+](C)(C)Cc1ccccc1.[Cl-]. The molecule has 0 bridgehead atoms. The highest BCUT2D eigenvalue weighted by molar-refractivity contribution is 5.74. The molecule has 0 aliphatic rings. The van der Waals surface area contributed by atoms with Crippen LogP contribution in [0.4, 0.5) is 0 Å². The second-order valence-electron chi connectivity index (χ2n) is 9.56. The van der Waals surface area contributed by atoms with Crippen molar-refractivity contribution in [2.45, 2.75) is 116 Å². The van der Waals surface area contributed by atoms with Gasteiger partial charge in [-0.15, -0.1) is 0 Å². The Kier molecular flexibility index (Phi) is 18.9. The molecule has 0 radical (unpaired) electrons. The van der Waals surface area contributed by atoms with Crippen LogP contribution in [-0.2, 0) is 11.3 Å². The van der Waals surface area contributed by atoms with Gasteiger partial charge >= 0.3 is 0 Å². The first-order valence-electron chi connectivity index (χ1n) is 12.7. The van der Waals surface area contributed by atoms with Crippen LogP contribution in [0.5, 0.6) is 0 Å². The van der Waals surface area contributed by atoms with Crippen LogP contribution in [-0.4, -0.2) is 24.6 Å². The van der Waals surface area contributed by atoms with E-state index in [1.807, 2.05) is 18.2 Å². The number of amides is 1. The van der Waals surface area contributed by atoms with Gasteiger partial charge in [-0.05, 0) is 6.42 Å². The molecule has 0 aliphatic carbocycles. The summed E-state index contributed by atoms with van der Waals surface area (Å²) in [5.41, 5.74) is 4.40. The fourth-order valence-corrected chi connectivity index (χ4v) is 4.13. The summed E-state index contributed by atoms with van der Waals surface area (Å²) in [6, 6.07) is 10.3. The maximum atomic E-state index is 12.3. The molecule has 0 saturated carbocycles. The highest BCUT2D eigenvalue weighted by Crippen LogP contribution is 2.14. The molecule has 180 valence electrons. The predicted octanol–water partition coefficient (Wildman–Crippen LogP) is 4.56. The molecule has 1 aromatic carbocycles. The van der Waals surface area contributed by atoms with Gasteiger partial charge in [-0.25, -0.2) is 10.0 Å². The van der Waals surface area contributed by atoms with Crippen LogP contribution in [0.2, 0.25) is 0 Å². The average Bonchev–Trinajstić information content (AvgIpc) is 2.71. The van der Waals surface area contributed by atoms with Gasteiger partial charge in [0.2, 0.25) is 0 Å². The van der Waals surface area contributed by atoms with Gasteiger partial charge in [-0.1, -0.05) is 127 Å². The number of carbonyl (C=O) groups is 1. The molecular formula is C27H49ClN2O. The van der Waals surface area contributed by atoms with Crippen molar-refractivity contribution in [2.24, 2.45) is 0 Å². The van der Waals surface area contributed by atoms with Gasteiger partial charge in [0, 0.05) is 12.0 Å². The molecule has 1 aromatic rings. The number of quaternary nitrogens is 1. The zero-order valence-corrected chi connectivity index (χ0v) is 21.4. The molecule has 0 heterocycles. The highest BCUT2D eigenvalue weighted by Gasteiger charge is 2.19. The lowest BCUT2D eigenvalue weighted by molar-refractivity contribution is -0.938. The Bertz CT molecular complexity index is 533. The molecule has 4 heteroatoms. The van der Waals surface area contributed by atoms with Gasteiger partial charge in [-0.2, -0.15) is 0 Å². The number of rotatable bonds is 19. The number of benzene rings is 1. The second kappa shape index (κ2) is 19.6. The minimum atomic E-state index is 0. The number of unbranched alkanes of at least 4 members (excludes halogenated alkanes) is 14. The number of nitrogens with one attached hydrogen (secondary N) is 1. The summed E-state index contributed by atoms with van der Waals surface area (Å²) in [6.45, 7) is 3.09. The minimum absolute atomic E-state index is 0. The van der Waals surface area contributed by atoms with Crippen LogP contribution in [0.3, 0.4) is 0 Å². The van der Waals surface area contributed by atoms with Crippen LogP contribution in [0, 0.1) is 0 Å². The van der Waals surface area contributed by atoms with Crippen LogP contribution < -0.4 is 17.8 Å². The lowest BCUT2D eigenvalue weighted by Crippen LogP contribution is -3.00. The molecule has 0 saturated heterocycles. The molecule has 0 aromatic heterocycles. The van der Waals surface area contributed by atoms with Crippen LogP contribution in [0.15, 0.2) is 30.3 Å². The third kappa shape index (κ3) is 18.2. The zero-order chi connectivity index (χ0) is 21.9. The number of hydrogen-bond acceptors (Lipinski definition) is 1. The molecule has 0 unspecified atom stereocenters. The van der Waals surface area contributed by atoms with Gasteiger partial charge in [-0.3, -0.25) is 4.79 Å². The maximum absolute atomic E-state index is 12.3. The molecule has 1 amide bonds. The van der Waals surface area contributed by atoms with E-state index in [2.05, 4.69) is 38.6 Å². The highest BCUT2D eigenvalue weighted by atomic mass is 35.5. The van der Waals surface area contributed by atoms with E-state index >= 15 is 0 Å². The van der Waals surface area contributed by atoms with Gasteiger partial charge < -0.3 is 12.4 Å². The van der Waals surface area contributed by atoms with Gasteiger partial charge in [0.15, 0.2) is 0 Å². The number of nitrogens with zero attached hydrogens (tertiary/aromatic N) is 1. The molecule has 31 heavy (non-hydrogen) atoms. The maximum Gasteiger partial charge on any atom is 0.264 e. The normalized spacial score (nSPS) is 11.2. The summed E-state index contributed by atoms with van der Waals surface area (Å²) in [7, 11) is 4.11. The number of halogens is 1. The Balaban J connectivity index is 0.00000900. The van der Waals surface area contributed by atoms with E-state index in [1.54, 1.807) is 0 Å². The van der Waals surface area contributed by atoms with E-state index in [4.69, 9.17) is 0 Å². The van der Waals surface area contributed by atoms with Crippen molar-refractivity contribution in [3.05, 3.63) is 35.9 Å². The van der Waals surface area contributed by atoms with Gasteiger partial charge in [0.05, 0.1) is 14.1 Å². The first kappa shape index (κ1) is 29.9. The van der Waals surface area contributed by atoms with E-state index in [0.717, 1.165) is 13.0 Å². The molecule has 1 N–H and O–H groups in total. The summed E-state index contributed by atoms with van der Waals surface area (Å²) in [6.07, 6.45) is 21.0. The van der Waals surface area contributed by atoms with Crippen LogP contribution in [0.1, 0.15) is 115 Å². The topological polar surface area (TPSA) is 29.1 Å². The smallest absolute Gasteiger partial charge is 0.264 e. The molecule has 0 atom stereocenters. The standard InChI is InChI=1S/C27H48N2O.ClH/c1-4-5-6-7-8-9-10-11-12-13-14-15-16-17-21-24-27(30)28-29(2,3)25-26-22-19-18-20-23-26;/h18-20,22-23H,4-17,21,24-25H2,1-3H3;1H. The summed E-state index contributed by atoms with van der Waals surface area (Å²) >= 11 is 0. The molecule has 3 nitrogen and oxygen atoms in total. The van der Waals surface area contributed by atoms with E-state index in [9.17, 15) is 4.79 Å². The van der Waals surface area contributed by atoms with Crippen molar-refractivity contribution in [2.75, 3.05) is 14.1 Å². The second-order valence-corrected chi connectivity index (χ2v) is 9.56. The Morgan fingerprint density at radius 2 is 1.13 bits per heavy atom. The zero-order valence-electron chi connectivity index (χ0n) is 20.6. The lowest BCUT2D eigenvalue weighted by atomic mass is 10.0. The summed E-state index contributed by atoms with van der Waals surface area (Å²) < 4.78 is 0.502. The predicted molar refractivity (Wildman–Crippen MR) is 130 cm³/mol. The van der Waals surface area contributed by atoms with E-state index in [1.165, 1.54) is 95.5 Å². The van der Waals surface area contributed by atoms with Crippen molar-refractivity contribution in [3.8, 4) is 0 Å². The van der Waals surface area contributed by atoms with Crippen molar-refractivity contribution >= 4 is 5.91 Å². The van der Waals surface area contributed by atoms with Gasteiger partial charge in [0.25, 0.3) is 5.91 Å². The Labute approximate surface area is 199 Å². The van der Waals surface area contributed by atoms with Gasteiger partial charge in [0.1, 0.15) is 6.54 Å². The molecule has 0 aliphatic heterocycles. The summed E-state index contributed by atoms with van der Waals surface area (Å²) in [5, 5.41) is 0. The Morgan fingerprint density at radius 3 is 1.58 bits per heavy atom. The number of hydrogen-bond donors (Lipinski definition) is 1. The first-order chi connectivity index (χ1) is 14.5. The summed E-state index contributed by atoms with van der Waals surface area (Å²) in [4.78, 5) is 12.3. The largest absolute Gasteiger partial charge is 1.00 e. The Hall–Kier alpha value is -1.06.